The van der Waals surface area contributed by atoms with Crippen LogP contribution < -0.4 is 0 Å². The van der Waals surface area contributed by atoms with Crippen LogP contribution in [0.3, 0.4) is 0 Å². The zero-order valence-corrected chi connectivity index (χ0v) is 21.7. The molecule has 212 valence electrons. The van der Waals surface area contributed by atoms with E-state index in [1.807, 2.05) is 0 Å². The molecule has 12 nitrogen and oxygen atoms in total. The minimum atomic E-state index is -0.597. The second-order valence-electron chi connectivity index (χ2n) is 10.7. The number of rotatable bonds is 9. The van der Waals surface area contributed by atoms with E-state index in [2.05, 4.69) is 0 Å². The lowest BCUT2D eigenvalue weighted by atomic mass is 9.82. The van der Waals surface area contributed by atoms with Gasteiger partial charge in [-0.15, -0.1) is 0 Å². The topological polar surface area (TPSA) is 142 Å². The van der Waals surface area contributed by atoms with Crippen molar-refractivity contribution >= 4 is 23.7 Å². The molecule has 0 bridgehead atoms. The average molecular weight is 541 g/mol. The van der Waals surface area contributed by atoms with Crippen LogP contribution in [-0.4, -0.2) is 106 Å². The Morgan fingerprint density at radius 2 is 1.00 bits per heavy atom. The van der Waals surface area contributed by atoms with E-state index in [0.29, 0.717) is 32.3 Å². The fraction of sp³-hybridized carbons (Fsp3) is 0.846. The van der Waals surface area contributed by atoms with E-state index in [1.54, 1.807) is 7.11 Å². The second-order valence-corrected chi connectivity index (χ2v) is 10.7. The highest BCUT2D eigenvalue weighted by Gasteiger charge is 2.52. The van der Waals surface area contributed by atoms with E-state index >= 15 is 0 Å². The molecule has 0 N–H and O–H groups in total. The highest BCUT2D eigenvalue weighted by atomic mass is 16.7. The van der Waals surface area contributed by atoms with Gasteiger partial charge in [0.1, 0.15) is 36.3 Å². The third kappa shape index (κ3) is 5.89. The molecule has 0 aromatic carbocycles. The summed E-state index contributed by atoms with van der Waals surface area (Å²) in [4.78, 5) is 48.7. The standard InChI is InChI=1S/C26H36O12/c1-13(27)3-8-20(28)36-17-10-34-24-19(12-35-22(17)24)38-26(30)15-6-4-14(5-7-15)25(29)37-18-11-33-21-16(31-2)9-32-23(18)21/h14-19,21-24H,3-12H2,1-2H3. The molecular formula is C26H36O12. The summed E-state index contributed by atoms with van der Waals surface area (Å²) < 4.78 is 45.1. The Labute approximate surface area is 220 Å². The predicted molar refractivity (Wildman–Crippen MR) is 125 cm³/mol. The zero-order chi connectivity index (χ0) is 26.8. The number of ether oxygens (including phenoxy) is 8. The molecule has 4 aliphatic heterocycles. The molecule has 0 aromatic heterocycles. The van der Waals surface area contributed by atoms with Crippen LogP contribution in [-0.2, 0) is 57.1 Å². The lowest BCUT2D eigenvalue weighted by Gasteiger charge is -2.28. The van der Waals surface area contributed by atoms with E-state index in [1.165, 1.54) is 6.92 Å². The number of carbonyl (C=O) groups excluding carboxylic acids is 4. The summed E-state index contributed by atoms with van der Waals surface area (Å²) in [6.45, 7) is 2.42. The Kier molecular flexibility index (Phi) is 8.63. The number of hydrogen-bond acceptors (Lipinski definition) is 12. The third-order valence-corrected chi connectivity index (χ3v) is 8.12. The quantitative estimate of drug-likeness (QED) is 0.297. The lowest BCUT2D eigenvalue weighted by Crippen LogP contribution is -2.38. The first kappa shape index (κ1) is 27.4. The first-order chi connectivity index (χ1) is 18.3. The number of esters is 3. The van der Waals surface area contributed by atoms with Crippen LogP contribution in [0.25, 0.3) is 0 Å². The van der Waals surface area contributed by atoms with Gasteiger partial charge in [0.2, 0.25) is 0 Å². The fourth-order valence-corrected chi connectivity index (χ4v) is 5.92. The van der Waals surface area contributed by atoms with Crippen molar-refractivity contribution in [1.29, 1.82) is 0 Å². The number of methoxy groups -OCH3 is 1. The van der Waals surface area contributed by atoms with Gasteiger partial charge < -0.3 is 42.7 Å². The van der Waals surface area contributed by atoms with Gasteiger partial charge in [0, 0.05) is 13.5 Å². The van der Waals surface area contributed by atoms with Crippen molar-refractivity contribution in [2.24, 2.45) is 11.8 Å². The maximum Gasteiger partial charge on any atom is 0.309 e. The molecule has 5 fully saturated rings. The summed E-state index contributed by atoms with van der Waals surface area (Å²) in [7, 11) is 1.61. The summed E-state index contributed by atoms with van der Waals surface area (Å²) in [5.74, 6) is -1.80. The number of ketones is 1. The van der Waals surface area contributed by atoms with E-state index in [-0.39, 0.29) is 80.5 Å². The van der Waals surface area contributed by atoms with Crippen molar-refractivity contribution in [3.05, 3.63) is 0 Å². The molecule has 5 aliphatic rings. The van der Waals surface area contributed by atoms with Crippen LogP contribution in [0.5, 0.6) is 0 Å². The van der Waals surface area contributed by atoms with Crippen LogP contribution in [0.15, 0.2) is 0 Å². The molecule has 12 heteroatoms. The SMILES string of the molecule is COC1COC2C(OC(=O)C3CCC(C(=O)OC4COC5C(OC(=O)CCC(C)=O)COC45)CC3)COC12. The van der Waals surface area contributed by atoms with Gasteiger partial charge in [-0.25, -0.2) is 0 Å². The Balaban J connectivity index is 1.03. The fourth-order valence-electron chi connectivity index (χ4n) is 5.92. The number of carbonyl (C=O) groups is 4. The molecule has 1 saturated carbocycles. The zero-order valence-electron chi connectivity index (χ0n) is 21.7. The minimum Gasteiger partial charge on any atom is -0.457 e. The highest BCUT2D eigenvalue weighted by Crippen LogP contribution is 2.36. The highest BCUT2D eigenvalue weighted by molar-refractivity contribution is 5.81. The van der Waals surface area contributed by atoms with Crippen molar-refractivity contribution in [2.75, 3.05) is 33.5 Å². The normalized spacial score (nSPS) is 39.8. The van der Waals surface area contributed by atoms with Crippen LogP contribution >= 0.6 is 0 Å². The predicted octanol–water partition coefficient (Wildman–Crippen LogP) is 0.508. The number of fused-ring (bicyclic) bond motifs is 2. The summed E-state index contributed by atoms with van der Waals surface area (Å²) in [5, 5.41) is 0. The third-order valence-electron chi connectivity index (χ3n) is 8.12. The Morgan fingerprint density at radius 1 is 0.605 bits per heavy atom. The molecular weight excluding hydrogens is 504 g/mol. The molecule has 4 heterocycles. The van der Waals surface area contributed by atoms with Gasteiger partial charge >= 0.3 is 17.9 Å². The first-order valence-electron chi connectivity index (χ1n) is 13.4. The van der Waals surface area contributed by atoms with Crippen LogP contribution in [0.4, 0.5) is 0 Å². The van der Waals surface area contributed by atoms with Crippen molar-refractivity contribution in [2.45, 2.75) is 94.3 Å². The van der Waals surface area contributed by atoms with E-state index in [4.69, 9.17) is 37.9 Å². The molecule has 0 aromatic rings. The summed E-state index contributed by atoms with van der Waals surface area (Å²) in [5.41, 5.74) is 0. The van der Waals surface area contributed by atoms with Gasteiger partial charge in [-0.1, -0.05) is 0 Å². The van der Waals surface area contributed by atoms with Gasteiger partial charge in [-0.3, -0.25) is 14.4 Å². The second kappa shape index (κ2) is 12.0. The summed E-state index contributed by atoms with van der Waals surface area (Å²) >= 11 is 0. The smallest absolute Gasteiger partial charge is 0.309 e. The van der Waals surface area contributed by atoms with Gasteiger partial charge in [0.15, 0.2) is 18.3 Å². The minimum absolute atomic E-state index is 0.00937. The largest absolute Gasteiger partial charge is 0.457 e. The van der Waals surface area contributed by atoms with E-state index in [9.17, 15) is 19.2 Å². The molecule has 38 heavy (non-hydrogen) atoms. The lowest BCUT2D eigenvalue weighted by molar-refractivity contribution is -0.165. The molecule has 0 spiro atoms. The van der Waals surface area contributed by atoms with E-state index < -0.39 is 36.5 Å². The van der Waals surface area contributed by atoms with Crippen molar-refractivity contribution in [1.82, 2.24) is 0 Å². The Morgan fingerprint density at radius 3 is 1.42 bits per heavy atom. The summed E-state index contributed by atoms with van der Waals surface area (Å²) in [6, 6.07) is 0. The molecule has 8 unspecified atom stereocenters. The number of hydrogen-bond donors (Lipinski definition) is 0. The monoisotopic (exact) mass is 540 g/mol. The molecule has 4 saturated heterocycles. The van der Waals surface area contributed by atoms with Gasteiger partial charge in [-0.2, -0.15) is 0 Å². The van der Waals surface area contributed by atoms with Crippen LogP contribution in [0.2, 0.25) is 0 Å². The Bertz CT molecular complexity index is 899. The van der Waals surface area contributed by atoms with Crippen molar-refractivity contribution in [3.8, 4) is 0 Å². The van der Waals surface area contributed by atoms with Crippen LogP contribution in [0.1, 0.15) is 45.4 Å². The average Bonchev–Trinajstić information content (AvgIpc) is 3.68. The molecule has 0 radical (unpaired) electrons. The van der Waals surface area contributed by atoms with Gasteiger partial charge in [-0.05, 0) is 32.6 Å². The molecule has 1 aliphatic carbocycles. The maximum atomic E-state index is 12.9. The molecule has 0 amide bonds. The Hall–Kier alpha value is -2.12. The number of Topliss-reactive ketones (excluding diaryl/α,β-unsaturated/α-hetero) is 1. The first-order valence-corrected chi connectivity index (χ1v) is 13.4. The van der Waals surface area contributed by atoms with Gasteiger partial charge in [0.05, 0.1) is 44.7 Å². The molecule has 8 atom stereocenters. The van der Waals surface area contributed by atoms with Gasteiger partial charge in [0.25, 0.3) is 0 Å². The summed E-state index contributed by atoms with van der Waals surface area (Å²) in [6.07, 6.45) is -1.11. The van der Waals surface area contributed by atoms with Crippen molar-refractivity contribution in [3.63, 3.8) is 0 Å². The van der Waals surface area contributed by atoms with Crippen LogP contribution in [0, 0.1) is 11.8 Å². The maximum absolute atomic E-state index is 12.9. The molecule has 5 rings (SSSR count). The van der Waals surface area contributed by atoms with Crippen molar-refractivity contribution < 1.29 is 57.1 Å². The van der Waals surface area contributed by atoms with E-state index in [0.717, 1.165) is 0 Å².